The molecule has 2 aromatic rings. The smallest absolute Gasteiger partial charge is 0.262 e. The molecule has 0 aliphatic carbocycles. The van der Waals surface area contributed by atoms with Gasteiger partial charge in [0.25, 0.3) is 5.91 Å². The van der Waals surface area contributed by atoms with Crippen LogP contribution in [0.5, 0.6) is 0 Å². The Labute approximate surface area is 130 Å². The zero-order valence-electron chi connectivity index (χ0n) is 13.1. The van der Waals surface area contributed by atoms with Crippen molar-refractivity contribution < 1.29 is 4.79 Å². The van der Waals surface area contributed by atoms with Gasteiger partial charge in [-0.3, -0.25) is 4.79 Å². The molecule has 0 aromatic carbocycles. The lowest BCUT2D eigenvalue weighted by Gasteiger charge is -2.02. The summed E-state index contributed by atoms with van der Waals surface area (Å²) in [6.45, 7) is 6.65. The van der Waals surface area contributed by atoms with Crippen LogP contribution in [0.1, 0.15) is 44.6 Å². The lowest BCUT2D eigenvalue weighted by atomic mass is 10.2. The summed E-state index contributed by atoms with van der Waals surface area (Å²) in [5, 5.41) is 11.9. The van der Waals surface area contributed by atoms with E-state index in [0.29, 0.717) is 12.2 Å². The molecule has 1 amide bonds. The maximum Gasteiger partial charge on any atom is 0.262 e. The summed E-state index contributed by atoms with van der Waals surface area (Å²) in [6, 6.07) is 7.75. The summed E-state index contributed by atoms with van der Waals surface area (Å²) in [7, 11) is 0. The van der Waals surface area contributed by atoms with Gasteiger partial charge in [0.1, 0.15) is 17.5 Å². The van der Waals surface area contributed by atoms with Gasteiger partial charge in [-0.25, -0.2) is 4.98 Å². The second kappa shape index (κ2) is 6.90. The van der Waals surface area contributed by atoms with E-state index >= 15 is 0 Å². The van der Waals surface area contributed by atoms with Crippen molar-refractivity contribution in [1.82, 2.24) is 14.7 Å². The third-order valence-electron chi connectivity index (χ3n) is 3.30. The highest BCUT2D eigenvalue weighted by molar-refractivity contribution is 6.02. The van der Waals surface area contributed by atoms with E-state index in [2.05, 4.69) is 24.1 Å². The number of amides is 1. The van der Waals surface area contributed by atoms with Crippen LogP contribution in [0.2, 0.25) is 0 Å². The van der Waals surface area contributed by atoms with Crippen LogP contribution in [0.3, 0.4) is 0 Å². The molecule has 5 heteroatoms. The van der Waals surface area contributed by atoms with Crippen LogP contribution in [-0.4, -0.2) is 21.8 Å². The fourth-order valence-electron chi connectivity index (χ4n) is 2.22. The Kier molecular flexibility index (Phi) is 4.95. The van der Waals surface area contributed by atoms with Crippen molar-refractivity contribution in [3.8, 4) is 6.07 Å². The molecule has 22 heavy (non-hydrogen) atoms. The van der Waals surface area contributed by atoms with Crippen LogP contribution < -0.4 is 5.32 Å². The van der Waals surface area contributed by atoms with Crippen molar-refractivity contribution in [2.24, 2.45) is 0 Å². The molecule has 0 unspecified atom stereocenters. The highest BCUT2D eigenvalue weighted by Gasteiger charge is 2.14. The molecule has 1 N–H and O–H groups in total. The average molecular weight is 296 g/mol. The number of nitrogens with zero attached hydrogens (tertiary/aromatic N) is 3. The minimum absolute atomic E-state index is 0.0765. The van der Waals surface area contributed by atoms with Crippen molar-refractivity contribution in [2.75, 3.05) is 6.54 Å². The number of carbonyl (C=O) groups is 1. The maximum atomic E-state index is 12.0. The van der Waals surface area contributed by atoms with Crippen LogP contribution in [0.4, 0.5) is 0 Å². The van der Waals surface area contributed by atoms with Gasteiger partial charge in [0, 0.05) is 18.7 Å². The normalized spacial score (nSPS) is 11.7. The molecule has 0 saturated heterocycles. The number of nitrogens with one attached hydrogen (secondary N) is 1. The maximum absolute atomic E-state index is 12.0. The Morgan fingerprint density at radius 2 is 2.27 bits per heavy atom. The molecule has 2 heterocycles. The average Bonchev–Trinajstić information content (AvgIpc) is 2.89. The molecule has 2 aromatic heterocycles. The molecular weight excluding hydrogens is 276 g/mol. The molecule has 5 nitrogen and oxygen atoms in total. The van der Waals surface area contributed by atoms with Crippen molar-refractivity contribution in [2.45, 2.75) is 33.1 Å². The van der Waals surface area contributed by atoms with Gasteiger partial charge in [0.2, 0.25) is 0 Å². The summed E-state index contributed by atoms with van der Waals surface area (Å²) in [5.41, 5.74) is 1.61. The first-order valence-electron chi connectivity index (χ1n) is 7.45. The standard InChI is InChI=1S/C17H20N4O/c1-4-8-19-17(22)13(11-18)10-14-15-7-5-6-9-21(15)16(20-14)12(2)3/h5-7,9-10,12H,4,8H2,1-3H3,(H,19,22)/b13-10+. The van der Waals surface area contributed by atoms with E-state index in [0.717, 1.165) is 17.8 Å². The highest BCUT2D eigenvalue weighted by atomic mass is 16.1. The van der Waals surface area contributed by atoms with Gasteiger partial charge in [-0.1, -0.05) is 26.8 Å². The quantitative estimate of drug-likeness (QED) is 0.681. The molecule has 0 radical (unpaired) electrons. The van der Waals surface area contributed by atoms with Crippen LogP contribution in [0, 0.1) is 11.3 Å². The fourth-order valence-corrected chi connectivity index (χ4v) is 2.22. The summed E-state index contributed by atoms with van der Waals surface area (Å²) in [6.07, 6.45) is 4.33. The molecule has 0 saturated carbocycles. The fraction of sp³-hybridized carbons (Fsp3) is 0.353. The van der Waals surface area contributed by atoms with E-state index in [9.17, 15) is 10.1 Å². The number of fused-ring (bicyclic) bond motifs is 1. The first-order valence-corrected chi connectivity index (χ1v) is 7.45. The molecule has 0 atom stereocenters. The second-order valence-electron chi connectivity index (χ2n) is 5.39. The second-order valence-corrected chi connectivity index (χ2v) is 5.39. The van der Waals surface area contributed by atoms with Crippen molar-refractivity contribution in [3.63, 3.8) is 0 Å². The number of imidazole rings is 1. The molecule has 0 spiro atoms. The summed E-state index contributed by atoms with van der Waals surface area (Å²) >= 11 is 0. The van der Waals surface area contributed by atoms with E-state index in [4.69, 9.17) is 0 Å². The monoisotopic (exact) mass is 296 g/mol. The number of rotatable bonds is 5. The summed E-state index contributed by atoms with van der Waals surface area (Å²) < 4.78 is 2.00. The number of carbonyl (C=O) groups excluding carboxylic acids is 1. The predicted octanol–water partition coefficient (Wildman–Crippen LogP) is 2.89. The van der Waals surface area contributed by atoms with Crippen LogP contribution in [-0.2, 0) is 4.79 Å². The van der Waals surface area contributed by atoms with E-state index < -0.39 is 0 Å². The topological polar surface area (TPSA) is 70.2 Å². The molecule has 2 rings (SSSR count). The first-order chi connectivity index (χ1) is 10.6. The number of nitriles is 1. The van der Waals surface area contributed by atoms with E-state index in [1.807, 2.05) is 41.8 Å². The number of pyridine rings is 1. The van der Waals surface area contributed by atoms with Gasteiger partial charge in [-0.15, -0.1) is 0 Å². The lowest BCUT2D eigenvalue weighted by Crippen LogP contribution is -2.25. The van der Waals surface area contributed by atoms with Crippen molar-refractivity contribution in [3.05, 3.63) is 41.5 Å². The molecule has 0 bridgehead atoms. The summed E-state index contributed by atoms with van der Waals surface area (Å²) in [4.78, 5) is 16.6. The third kappa shape index (κ3) is 3.17. The minimum Gasteiger partial charge on any atom is -0.351 e. The third-order valence-corrected chi connectivity index (χ3v) is 3.30. The Bertz CT molecular complexity index is 750. The highest BCUT2D eigenvalue weighted by Crippen LogP contribution is 2.21. The Hall–Kier alpha value is -2.61. The lowest BCUT2D eigenvalue weighted by molar-refractivity contribution is -0.117. The van der Waals surface area contributed by atoms with Crippen LogP contribution >= 0.6 is 0 Å². The number of hydrogen-bond acceptors (Lipinski definition) is 3. The van der Waals surface area contributed by atoms with Crippen LogP contribution in [0.25, 0.3) is 11.6 Å². The van der Waals surface area contributed by atoms with E-state index in [1.165, 1.54) is 0 Å². The predicted molar refractivity (Wildman–Crippen MR) is 86.2 cm³/mol. The van der Waals surface area contributed by atoms with E-state index in [-0.39, 0.29) is 17.4 Å². The van der Waals surface area contributed by atoms with Gasteiger partial charge in [0.05, 0.1) is 11.2 Å². The van der Waals surface area contributed by atoms with Gasteiger partial charge in [0.15, 0.2) is 0 Å². The van der Waals surface area contributed by atoms with Crippen molar-refractivity contribution in [1.29, 1.82) is 5.26 Å². The molecule has 0 fully saturated rings. The van der Waals surface area contributed by atoms with Crippen LogP contribution in [0.15, 0.2) is 30.0 Å². The molecule has 0 aliphatic rings. The largest absolute Gasteiger partial charge is 0.351 e. The van der Waals surface area contributed by atoms with Gasteiger partial charge < -0.3 is 9.72 Å². The minimum atomic E-state index is -0.354. The Morgan fingerprint density at radius 3 is 2.91 bits per heavy atom. The zero-order chi connectivity index (χ0) is 16.1. The van der Waals surface area contributed by atoms with Gasteiger partial charge >= 0.3 is 0 Å². The Balaban J connectivity index is 2.48. The molecular formula is C17H20N4O. The van der Waals surface area contributed by atoms with Crippen molar-refractivity contribution >= 4 is 17.5 Å². The SMILES string of the molecule is CCCNC(=O)/C(C#N)=C/c1nc(C(C)C)n2ccccc12. The zero-order valence-corrected chi connectivity index (χ0v) is 13.1. The molecule has 114 valence electrons. The summed E-state index contributed by atoms with van der Waals surface area (Å²) in [5.74, 6) is 0.803. The first kappa shape index (κ1) is 15.8. The number of aromatic nitrogens is 2. The van der Waals surface area contributed by atoms with Gasteiger partial charge in [-0.05, 0) is 24.6 Å². The number of hydrogen-bond donors (Lipinski definition) is 1. The van der Waals surface area contributed by atoms with E-state index in [1.54, 1.807) is 6.08 Å². The Morgan fingerprint density at radius 1 is 1.50 bits per heavy atom. The molecule has 0 aliphatic heterocycles. The van der Waals surface area contributed by atoms with Gasteiger partial charge in [-0.2, -0.15) is 5.26 Å².